The van der Waals surface area contributed by atoms with Crippen molar-refractivity contribution in [1.29, 1.82) is 0 Å². The maximum absolute atomic E-state index is 12.0. The number of carbonyl (C=O) groups is 1. The molecule has 0 spiro atoms. The summed E-state index contributed by atoms with van der Waals surface area (Å²) >= 11 is 0. The molecule has 7 heteroatoms. The van der Waals surface area contributed by atoms with Crippen molar-refractivity contribution in [2.45, 2.75) is 39.8 Å². The minimum atomic E-state index is -0.411. The van der Waals surface area contributed by atoms with Gasteiger partial charge in [0.05, 0.1) is 11.8 Å². The van der Waals surface area contributed by atoms with E-state index >= 15 is 0 Å². The summed E-state index contributed by atoms with van der Waals surface area (Å²) in [5.41, 5.74) is 2.89. The summed E-state index contributed by atoms with van der Waals surface area (Å²) in [5.74, 6) is 0.754. The predicted octanol–water partition coefficient (Wildman–Crippen LogP) is 1.80. The van der Waals surface area contributed by atoms with Gasteiger partial charge in [0, 0.05) is 32.0 Å². The number of pyridine rings is 1. The molecule has 1 unspecified atom stereocenters. The second-order valence-electron chi connectivity index (χ2n) is 6.08. The highest BCUT2D eigenvalue weighted by atomic mass is 16.3. The SMILES string of the molecule is Cc1cc(C)n(-c2ccc(CNC(=O)N(C)CCC(C)O)cn2)n1. The zero-order chi connectivity index (χ0) is 17.7. The third kappa shape index (κ3) is 4.79. The van der Waals surface area contributed by atoms with Gasteiger partial charge in [-0.05, 0) is 44.9 Å². The van der Waals surface area contributed by atoms with Crippen molar-refractivity contribution in [2.24, 2.45) is 0 Å². The van der Waals surface area contributed by atoms with Crippen LogP contribution in [0.4, 0.5) is 4.79 Å². The second-order valence-corrected chi connectivity index (χ2v) is 6.08. The first kappa shape index (κ1) is 17.9. The Morgan fingerprint density at radius 3 is 2.71 bits per heavy atom. The molecule has 2 N–H and O–H groups in total. The topological polar surface area (TPSA) is 83.3 Å². The second kappa shape index (κ2) is 7.92. The van der Waals surface area contributed by atoms with E-state index in [9.17, 15) is 9.90 Å². The van der Waals surface area contributed by atoms with E-state index in [1.165, 1.54) is 0 Å². The number of aryl methyl sites for hydroxylation is 2. The highest BCUT2D eigenvalue weighted by Gasteiger charge is 2.09. The molecule has 2 heterocycles. The lowest BCUT2D eigenvalue weighted by atomic mass is 10.2. The monoisotopic (exact) mass is 331 g/mol. The van der Waals surface area contributed by atoms with Gasteiger partial charge in [-0.15, -0.1) is 0 Å². The predicted molar refractivity (Wildman–Crippen MR) is 92.0 cm³/mol. The number of amides is 2. The number of aromatic nitrogens is 3. The standard InChI is InChI=1S/C17H25N5O2/c1-12-9-13(2)22(20-12)16-6-5-15(10-18-16)11-19-17(24)21(4)8-7-14(3)23/h5-6,9-10,14,23H,7-8,11H2,1-4H3,(H,19,24). The van der Waals surface area contributed by atoms with Crippen molar-refractivity contribution >= 4 is 6.03 Å². The summed E-state index contributed by atoms with van der Waals surface area (Å²) in [7, 11) is 1.71. The molecule has 0 aliphatic heterocycles. The molecule has 0 radical (unpaired) electrons. The van der Waals surface area contributed by atoms with Gasteiger partial charge in [0.1, 0.15) is 0 Å². The van der Waals surface area contributed by atoms with E-state index in [1.54, 1.807) is 29.7 Å². The Hall–Kier alpha value is -2.41. The van der Waals surface area contributed by atoms with Crippen LogP contribution < -0.4 is 5.32 Å². The van der Waals surface area contributed by atoms with Gasteiger partial charge >= 0.3 is 6.03 Å². The normalized spacial score (nSPS) is 12.0. The number of aliphatic hydroxyl groups is 1. The van der Waals surface area contributed by atoms with Crippen LogP contribution in [-0.4, -0.2) is 50.5 Å². The zero-order valence-electron chi connectivity index (χ0n) is 14.7. The van der Waals surface area contributed by atoms with E-state index in [0.29, 0.717) is 19.5 Å². The van der Waals surface area contributed by atoms with E-state index in [1.807, 2.05) is 32.0 Å². The number of aliphatic hydroxyl groups excluding tert-OH is 1. The molecule has 24 heavy (non-hydrogen) atoms. The maximum Gasteiger partial charge on any atom is 0.317 e. The fourth-order valence-corrected chi connectivity index (χ4v) is 2.30. The molecule has 7 nitrogen and oxygen atoms in total. The minimum absolute atomic E-state index is 0.168. The lowest BCUT2D eigenvalue weighted by Gasteiger charge is -2.18. The highest BCUT2D eigenvalue weighted by molar-refractivity contribution is 5.73. The molecule has 2 rings (SSSR count). The van der Waals surface area contributed by atoms with Gasteiger partial charge in [0.15, 0.2) is 5.82 Å². The van der Waals surface area contributed by atoms with Crippen LogP contribution in [0.5, 0.6) is 0 Å². The van der Waals surface area contributed by atoms with Crippen LogP contribution in [0.15, 0.2) is 24.4 Å². The van der Waals surface area contributed by atoms with Crippen LogP contribution in [0.1, 0.15) is 30.3 Å². The molecule has 0 fully saturated rings. The minimum Gasteiger partial charge on any atom is -0.393 e. The largest absolute Gasteiger partial charge is 0.393 e. The lowest BCUT2D eigenvalue weighted by Crippen LogP contribution is -2.38. The quantitative estimate of drug-likeness (QED) is 0.845. The molecule has 0 aromatic carbocycles. The average Bonchev–Trinajstić information content (AvgIpc) is 2.89. The number of hydrogen-bond donors (Lipinski definition) is 2. The van der Waals surface area contributed by atoms with E-state index in [2.05, 4.69) is 15.4 Å². The van der Waals surface area contributed by atoms with E-state index in [0.717, 1.165) is 22.8 Å². The Bertz CT molecular complexity index is 679. The van der Waals surface area contributed by atoms with E-state index < -0.39 is 6.10 Å². The van der Waals surface area contributed by atoms with Crippen molar-refractivity contribution in [2.75, 3.05) is 13.6 Å². The average molecular weight is 331 g/mol. The van der Waals surface area contributed by atoms with Crippen molar-refractivity contribution in [3.63, 3.8) is 0 Å². The summed E-state index contributed by atoms with van der Waals surface area (Å²) in [5, 5.41) is 16.5. The molecule has 2 amide bonds. The Labute approximate surface area is 142 Å². The number of hydrogen-bond acceptors (Lipinski definition) is 4. The molecule has 1 atom stereocenters. The van der Waals surface area contributed by atoms with E-state index in [-0.39, 0.29) is 6.03 Å². The van der Waals surface area contributed by atoms with Crippen molar-refractivity contribution < 1.29 is 9.90 Å². The summed E-state index contributed by atoms with van der Waals surface area (Å²) in [6.07, 6.45) is 1.89. The van der Waals surface area contributed by atoms with Crippen molar-refractivity contribution in [3.05, 3.63) is 41.3 Å². The highest BCUT2D eigenvalue weighted by Crippen LogP contribution is 2.10. The van der Waals surface area contributed by atoms with Crippen LogP contribution >= 0.6 is 0 Å². The Morgan fingerprint density at radius 2 is 2.17 bits per heavy atom. The molecular weight excluding hydrogens is 306 g/mol. The number of rotatable bonds is 6. The van der Waals surface area contributed by atoms with Crippen molar-refractivity contribution in [1.82, 2.24) is 25.0 Å². The Morgan fingerprint density at radius 1 is 1.42 bits per heavy atom. The van der Waals surface area contributed by atoms with Gasteiger partial charge < -0.3 is 15.3 Å². The first-order valence-corrected chi connectivity index (χ1v) is 8.02. The molecule has 130 valence electrons. The van der Waals surface area contributed by atoms with Crippen LogP contribution in [0.2, 0.25) is 0 Å². The first-order chi connectivity index (χ1) is 11.4. The maximum atomic E-state index is 12.0. The van der Waals surface area contributed by atoms with Gasteiger partial charge in [-0.2, -0.15) is 5.10 Å². The van der Waals surface area contributed by atoms with Gasteiger partial charge in [0.2, 0.25) is 0 Å². The smallest absolute Gasteiger partial charge is 0.317 e. The van der Waals surface area contributed by atoms with Gasteiger partial charge in [-0.25, -0.2) is 14.5 Å². The molecule has 2 aromatic rings. The molecule has 0 aliphatic carbocycles. The van der Waals surface area contributed by atoms with Gasteiger partial charge in [0.25, 0.3) is 0 Å². The van der Waals surface area contributed by atoms with Crippen LogP contribution in [0.25, 0.3) is 5.82 Å². The number of nitrogens with zero attached hydrogens (tertiary/aromatic N) is 4. The number of nitrogens with one attached hydrogen (secondary N) is 1. The number of urea groups is 1. The summed E-state index contributed by atoms with van der Waals surface area (Å²) in [4.78, 5) is 17.9. The summed E-state index contributed by atoms with van der Waals surface area (Å²) < 4.78 is 1.79. The van der Waals surface area contributed by atoms with Crippen LogP contribution in [-0.2, 0) is 6.54 Å². The van der Waals surface area contributed by atoms with Gasteiger partial charge in [-0.1, -0.05) is 6.07 Å². The third-order valence-corrected chi connectivity index (χ3v) is 3.71. The molecule has 0 aliphatic rings. The lowest BCUT2D eigenvalue weighted by molar-refractivity contribution is 0.163. The van der Waals surface area contributed by atoms with Gasteiger partial charge in [-0.3, -0.25) is 0 Å². The number of carbonyl (C=O) groups excluding carboxylic acids is 1. The van der Waals surface area contributed by atoms with Crippen molar-refractivity contribution in [3.8, 4) is 5.82 Å². The molecule has 0 saturated carbocycles. The van der Waals surface area contributed by atoms with Crippen LogP contribution in [0, 0.1) is 13.8 Å². The molecule has 0 saturated heterocycles. The van der Waals surface area contributed by atoms with Crippen LogP contribution in [0.3, 0.4) is 0 Å². The third-order valence-electron chi connectivity index (χ3n) is 3.71. The fraction of sp³-hybridized carbons (Fsp3) is 0.471. The summed E-state index contributed by atoms with van der Waals surface area (Å²) in [6, 6.07) is 5.64. The molecular formula is C17H25N5O2. The Balaban J connectivity index is 1.90. The zero-order valence-corrected chi connectivity index (χ0v) is 14.7. The first-order valence-electron chi connectivity index (χ1n) is 8.02. The molecule has 2 aromatic heterocycles. The molecule has 0 bridgehead atoms. The Kier molecular flexibility index (Phi) is 5.92. The summed E-state index contributed by atoms with van der Waals surface area (Å²) in [6.45, 7) is 6.56. The fourth-order valence-electron chi connectivity index (χ4n) is 2.30. The van der Waals surface area contributed by atoms with E-state index in [4.69, 9.17) is 0 Å².